The minimum Gasteiger partial charge on any atom is -0.508 e. The minimum absolute atomic E-state index is 0.176. The van der Waals surface area contributed by atoms with Gasteiger partial charge in [-0.2, -0.15) is 0 Å². The molecule has 0 atom stereocenters. The summed E-state index contributed by atoms with van der Waals surface area (Å²) in [6.45, 7) is 7.74. The molecule has 0 aliphatic heterocycles. The number of hydrogen-bond donors (Lipinski definition) is 2. The summed E-state index contributed by atoms with van der Waals surface area (Å²) >= 11 is 0. The Balaban J connectivity index is 2.57. The third-order valence-electron chi connectivity index (χ3n) is 4.47. The van der Waals surface area contributed by atoms with Gasteiger partial charge in [0.1, 0.15) is 11.5 Å². The molecule has 128 valence electrons. The second-order valence-corrected chi connectivity index (χ2v) is 6.32. The van der Waals surface area contributed by atoms with Gasteiger partial charge in [-0.05, 0) is 55.2 Å². The number of esters is 1. The topological polar surface area (TPSA) is 66.8 Å². The van der Waals surface area contributed by atoms with E-state index in [9.17, 15) is 15.0 Å². The predicted molar refractivity (Wildman–Crippen MR) is 93.4 cm³/mol. The molecular weight excluding hydrogens is 304 g/mol. The van der Waals surface area contributed by atoms with Gasteiger partial charge in [0, 0.05) is 5.41 Å². The molecule has 4 nitrogen and oxygen atoms in total. The van der Waals surface area contributed by atoms with Crippen LogP contribution in [0.5, 0.6) is 11.5 Å². The van der Waals surface area contributed by atoms with E-state index in [0.29, 0.717) is 6.61 Å². The molecule has 24 heavy (non-hydrogen) atoms. The Labute approximate surface area is 142 Å². The summed E-state index contributed by atoms with van der Waals surface area (Å²) in [4.78, 5) is 12.2. The Morgan fingerprint density at radius 3 is 1.83 bits per heavy atom. The Hall–Kier alpha value is -2.49. The molecular formula is C20H24O4. The number of phenolic OH excluding ortho intramolecular Hbond substituents is 2. The van der Waals surface area contributed by atoms with E-state index < -0.39 is 5.41 Å². The monoisotopic (exact) mass is 328 g/mol. The van der Waals surface area contributed by atoms with Crippen LogP contribution in [0.25, 0.3) is 0 Å². The maximum Gasteiger partial charge on any atom is 0.307 e. The van der Waals surface area contributed by atoms with E-state index in [4.69, 9.17) is 4.74 Å². The van der Waals surface area contributed by atoms with Crippen molar-refractivity contribution in [1.29, 1.82) is 0 Å². The van der Waals surface area contributed by atoms with E-state index in [0.717, 1.165) is 22.3 Å². The summed E-state index contributed by atoms with van der Waals surface area (Å²) in [5, 5.41) is 19.6. The molecule has 2 aromatic rings. The van der Waals surface area contributed by atoms with Crippen LogP contribution in [0.1, 0.15) is 42.5 Å². The van der Waals surface area contributed by atoms with Crippen molar-refractivity contribution in [2.45, 2.75) is 39.5 Å². The number of ether oxygens (including phenoxy) is 1. The van der Waals surface area contributed by atoms with Crippen LogP contribution in [0, 0.1) is 13.8 Å². The van der Waals surface area contributed by atoms with Gasteiger partial charge >= 0.3 is 5.97 Å². The van der Waals surface area contributed by atoms with Gasteiger partial charge in [-0.1, -0.05) is 31.2 Å². The van der Waals surface area contributed by atoms with Gasteiger partial charge in [0.2, 0.25) is 0 Å². The van der Waals surface area contributed by atoms with E-state index in [2.05, 4.69) is 0 Å². The lowest BCUT2D eigenvalue weighted by Crippen LogP contribution is -2.28. The maximum absolute atomic E-state index is 12.2. The molecule has 0 bridgehead atoms. The molecule has 4 heteroatoms. The zero-order chi connectivity index (χ0) is 17.9. The molecule has 0 aliphatic carbocycles. The molecule has 0 radical (unpaired) electrons. The van der Waals surface area contributed by atoms with Crippen molar-refractivity contribution in [2.24, 2.45) is 0 Å². The van der Waals surface area contributed by atoms with E-state index in [1.54, 1.807) is 19.1 Å². The molecule has 2 N–H and O–H groups in total. The van der Waals surface area contributed by atoms with Crippen molar-refractivity contribution in [3.05, 3.63) is 58.7 Å². The van der Waals surface area contributed by atoms with Crippen molar-refractivity contribution in [2.75, 3.05) is 6.61 Å². The number of benzene rings is 2. The average Bonchev–Trinajstić information content (AvgIpc) is 2.52. The lowest BCUT2D eigenvalue weighted by Gasteiger charge is -2.31. The van der Waals surface area contributed by atoms with Crippen molar-refractivity contribution in [1.82, 2.24) is 0 Å². The highest BCUT2D eigenvalue weighted by Crippen LogP contribution is 2.38. The maximum atomic E-state index is 12.2. The smallest absolute Gasteiger partial charge is 0.307 e. The Kier molecular flexibility index (Phi) is 5.17. The summed E-state index contributed by atoms with van der Waals surface area (Å²) in [6.07, 6.45) is 0.176. The molecule has 2 rings (SSSR count). The lowest BCUT2D eigenvalue weighted by atomic mass is 9.73. The van der Waals surface area contributed by atoms with Crippen LogP contribution in [0.2, 0.25) is 0 Å². The fraction of sp³-hybridized carbons (Fsp3) is 0.350. The molecule has 0 saturated carbocycles. The SMILES string of the molecule is CCOC(=O)CC(C)(c1ccc(O)c(C)c1)c1ccc(O)c(C)c1. The number of aromatic hydroxyl groups is 2. The van der Waals surface area contributed by atoms with E-state index in [1.165, 1.54) is 0 Å². The highest BCUT2D eigenvalue weighted by molar-refractivity contribution is 5.73. The second-order valence-electron chi connectivity index (χ2n) is 6.32. The molecule has 0 heterocycles. The fourth-order valence-electron chi connectivity index (χ4n) is 2.87. The number of phenols is 2. The van der Waals surface area contributed by atoms with Gasteiger partial charge in [-0.25, -0.2) is 0 Å². The molecule has 0 spiro atoms. The first kappa shape index (κ1) is 17.9. The Morgan fingerprint density at radius 2 is 1.46 bits per heavy atom. The van der Waals surface area contributed by atoms with E-state index in [1.807, 2.05) is 45.0 Å². The average molecular weight is 328 g/mol. The van der Waals surface area contributed by atoms with Crippen LogP contribution in [-0.4, -0.2) is 22.8 Å². The normalized spacial score (nSPS) is 11.3. The molecule has 0 unspecified atom stereocenters. The quantitative estimate of drug-likeness (QED) is 0.815. The molecule has 0 aliphatic rings. The summed E-state index contributed by atoms with van der Waals surface area (Å²) < 4.78 is 5.15. The number of hydrogen-bond acceptors (Lipinski definition) is 4. The zero-order valence-electron chi connectivity index (χ0n) is 14.6. The minimum atomic E-state index is -0.622. The lowest BCUT2D eigenvalue weighted by molar-refractivity contribution is -0.144. The third kappa shape index (κ3) is 3.53. The molecule has 0 fully saturated rings. The van der Waals surface area contributed by atoms with Crippen molar-refractivity contribution in [3.8, 4) is 11.5 Å². The van der Waals surface area contributed by atoms with Crippen LogP contribution in [0.4, 0.5) is 0 Å². The largest absolute Gasteiger partial charge is 0.508 e. The molecule has 0 saturated heterocycles. The van der Waals surface area contributed by atoms with Gasteiger partial charge in [0.15, 0.2) is 0 Å². The summed E-state index contributed by atoms with van der Waals surface area (Å²) in [7, 11) is 0. The standard InChI is InChI=1S/C20H24O4/c1-5-24-19(23)12-20(4,15-6-8-17(21)13(2)10-15)16-7-9-18(22)14(3)11-16/h6-11,21-22H,5,12H2,1-4H3. The van der Waals surface area contributed by atoms with Gasteiger partial charge in [0.25, 0.3) is 0 Å². The molecule has 0 aromatic heterocycles. The number of carbonyl (C=O) groups excluding carboxylic acids is 1. The van der Waals surface area contributed by atoms with Crippen molar-refractivity contribution >= 4 is 5.97 Å². The van der Waals surface area contributed by atoms with E-state index in [-0.39, 0.29) is 23.9 Å². The van der Waals surface area contributed by atoms with Gasteiger partial charge < -0.3 is 14.9 Å². The van der Waals surface area contributed by atoms with Gasteiger partial charge in [0.05, 0.1) is 13.0 Å². The van der Waals surface area contributed by atoms with Crippen LogP contribution in [0.15, 0.2) is 36.4 Å². The fourth-order valence-corrected chi connectivity index (χ4v) is 2.87. The number of aryl methyl sites for hydroxylation is 2. The highest BCUT2D eigenvalue weighted by Gasteiger charge is 2.33. The van der Waals surface area contributed by atoms with Crippen molar-refractivity contribution < 1.29 is 19.7 Å². The number of rotatable bonds is 5. The summed E-state index contributed by atoms with van der Waals surface area (Å²) in [6, 6.07) is 10.7. The predicted octanol–water partition coefficient (Wildman–Crippen LogP) is 3.97. The Morgan fingerprint density at radius 1 is 1.00 bits per heavy atom. The molecule has 2 aromatic carbocycles. The van der Waals surface area contributed by atoms with Gasteiger partial charge in [-0.3, -0.25) is 4.79 Å². The first-order chi connectivity index (χ1) is 11.3. The Bertz CT molecular complexity index is 698. The van der Waals surface area contributed by atoms with E-state index >= 15 is 0 Å². The zero-order valence-corrected chi connectivity index (χ0v) is 14.6. The first-order valence-corrected chi connectivity index (χ1v) is 8.03. The summed E-state index contributed by atoms with van der Waals surface area (Å²) in [5.41, 5.74) is 2.70. The van der Waals surface area contributed by atoms with Crippen LogP contribution >= 0.6 is 0 Å². The third-order valence-corrected chi connectivity index (χ3v) is 4.47. The second kappa shape index (κ2) is 6.95. The first-order valence-electron chi connectivity index (χ1n) is 8.03. The molecule has 0 amide bonds. The summed E-state index contributed by atoms with van der Waals surface area (Å²) in [5.74, 6) is 0.162. The van der Waals surface area contributed by atoms with Crippen LogP contribution in [0.3, 0.4) is 0 Å². The van der Waals surface area contributed by atoms with Gasteiger partial charge in [-0.15, -0.1) is 0 Å². The van der Waals surface area contributed by atoms with Crippen molar-refractivity contribution in [3.63, 3.8) is 0 Å². The number of carbonyl (C=O) groups is 1. The van der Waals surface area contributed by atoms with Crippen LogP contribution in [-0.2, 0) is 14.9 Å². The highest BCUT2D eigenvalue weighted by atomic mass is 16.5. The van der Waals surface area contributed by atoms with Crippen LogP contribution < -0.4 is 0 Å².